The van der Waals surface area contributed by atoms with Crippen LogP contribution in [0.15, 0.2) is 67.0 Å². The molecule has 0 atom stereocenters. The quantitative estimate of drug-likeness (QED) is 0.481. The first-order valence-corrected chi connectivity index (χ1v) is 11.0. The lowest BCUT2D eigenvalue weighted by molar-refractivity contribution is 0.0951. The van der Waals surface area contributed by atoms with Gasteiger partial charge >= 0.3 is 0 Å². The van der Waals surface area contributed by atoms with Gasteiger partial charge in [0.25, 0.3) is 5.91 Å². The number of nitrogens with zero attached hydrogens (tertiary/aromatic N) is 2. The van der Waals surface area contributed by atoms with E-state index in [-0.39, 0.29) is 5.91 Å². The van der Waals surface area contributed by atoms with Crippen molar-refractivity contribution >= 4 is 11.6 Å². The molecule has 33 heavy (non-hydrogen) atoms. The Hall–Kier alpha value is -4.00. The fourth-order valence-electron chi connectivity index (χ4n) is 3.74. The maximum atomic E-state index is 12.6. The molecule has 0 spiro atoms. The van der Waals surface area contributed by atoms with Gasteiger partial charge in [-0.3, -0.25) is 4.79 Å². The van der Waals surface area contributed by atoms with Crippen molar-refractivity contribution in [1.29, 1.82) is 0 Å². The Balaban J connectivity index is 1.16. The smallest absolute Gasteiger partial charge is 0.251 e. The van der Waals surface area contributed by atoms with Crippen molar-refractivity contribution < 1.29 is 19.0 Å². The second-order valence-corrected chi connectivity index (χ2v) is 7.98. The predicted octanol–water partition coefficient (Wildman–Crippen LogP) is 4.31. The molecule has 2 aromatic heterocycles. The van der Waals surface area contributed by atoms with Crippen molar-refractivity contribution in [2.45, 2.75) is 26.5 Å². The summed E-state index contributed by atoms with van der Waals surface area (Å²) in [7, 11) is 0. The van der Waals surface area contributed by atoms with Crippen molar-refractivity contribution in [3.05, 3.63) is 89.4 Å². The molecule has 0 saturated heterocycles. The normalized spacial score (nSPS) is 12.9. The second-order valence-electron chi connectivity index (χ2n) is 7.98. The number of pyridine rings is 1. The highest BCUT2D eigenvalue weighted by atomic mass is 16.5. The molecular formula is C26H25N3O4. The van der Waals surface area contributed by atoms with Crippen molar-refractivity contribution in [2.24, 2.45) is 0 Å². The minimum absolute atomic E-state index is 0.149. The molecule has 4 aromatic rings. The van der Waals surface area contributed by atoms with E-state index in [9.17, 15) is 4.79 Å². The van der Waals surface area contributed by atoms with Gasteiger partial charge in [0.15, 0.2) is 11.5 Å². The third-order valence-corrected chi connectivity index (χ3v) is 5.50. The van der Waals surface area contributed by atoms with Crippen molar-refractivity contribution in [3.63, 3.8) is 0 Å². The van der Waals surface area contributed by atoms with Crippen LogP contribution in [0.25, 0.3) is 5.65 Å². The third-order valence-electron chi connectivity index (χ3n) is 5.50. The number of hydrogen-bond donors (Lipinski definition) is 1. The zero-order chi connectivity index (χ0) is 22.6. The van der Waals surface area contributed by atoms with Crippen LogP contribution in [0.2, 0.25) is 0 Å². The van der Waals surface area contributed by atoms with Crippen molar-refractivity contribution in [1.82, 2.24) is 14.7 Å². The Labute approximate surface area is 191 Å². The van der Waals surface area contributed by atoms with Crippen LogP contribution in [-0.4, -0.2) is 28.5 Å². The van der Waals surface area contributed by atoms with Crippen LogP contribution in [0.1, 0.15) is 33.6 Å². The molecule has 1 N–H and O–H groups in total. The van der Waals surface area contributed by atoms with E-state index < -0.39 is 0 Å². The average Bonchev–Trinajstić information content (AvgIpc) is 3.12. The molecule has 0 radical (unpaired) electrons. The van der Waals surface area contributed by atoms with Gasteiger partial charge in [0.05, 0.1) is 18.9 Å². The lowest BCUT2D eigenvalue weighted by Gasteiger charge is -2.10. The average molecular weight is 444 g/mol. The lowest BCUT2D eigenvalue weighted by atomic mass is 10.1. The summed E-state index contributed by atoms with van der Waals surface area (Å²) in [4.78, 5) is 17.2. The van der Waals surface area contributed by atoms with E-state index in [1.165, 1.54) is 0 Å². The van der Waals surface area contributed by atoms with E-state index in [0.717, 1.165) is 40.4 Å². The Morgan fingerprint density at radius 2 is 1.91 bits per heavy atom. The molecular weight excluding hydrogens is 418 g/mol. The zero-order valence-electron chi connectivity index (χ0n) is 18.4. The van der Waals surface area contributed by atoms with E-state index in [2.05, 4.69) is 10.3 Å². The maximum absolute atomic E-state index is 12.6. The topological polar surface area (TPSA) is 74.1 Å². The van der Waals surface area contributed by atoms with Crippen LogP contribution in [0.4, 0.5) is 0 Å². The van der Waals surface area contributed by atoms with Crippen LogP contribution >= 0.6 is 0 Å². The third kappa shape index (κ3) is 4.77. The van der Waals surface area contributed by atoms with Gasteiger partial charge in [-0.05, 0) is 60.5 Å². The Bertz CT molecular complexity index is 1280. The standard InChI is InChI=1S/C26H25N3O4/c1-18-4-2-11-29-16-21(28-25(18)29)17-33-22-8-6-20(7-9-22)26(30)27-15-19-5-10-23-24(14-19)32-13-3-12-31-23/h2,4-11,14,16H,3,12-13,15,17H2,1H3,(H,27,30). The largest absolute Gasteiger partial charge is 0.490 e. The van der Waals surface area contributed by atoms with Gasteiger partial charge in [-0.15, -0.1) is 0 Å². The number of aromatic nitrogens is 2. The van der Waals surface area contributed by atoms with Crippen LogP contribution in [0.3, 0.4) is 0 Å². The summed E-state index contributed by atoms with van der Waals surface area (Å²) < 4.78 is 19.2. The summed E-state index contributed by atoms with van der Waals surface area (Å²) in [5.41, 5.74) is 4.42. The van der Waals surface area contributed by atoms with Crippen LogP contribution in [0.5, 0.6) is 17.2 Å². The summed E-state index contributed by atoms with van der Waals surface area (Å²) in [6.07, 6.45) is 4.79. The van der Waals surface area contributed by atoms with Gasteiger partial charge < -0.3 is 23.9 Å². The van der Waals surface area contributed by atoms with Crippen molar-refractivity contribution in [3.8, 4) is 17.2 Å². The van der Waals surface area contributed by atoms with E-state index in [4.69, 9.17) is 14.2 Å². The van der Waals surface area contributed by atoms with Gasteiger partial charge in [-0.2, -0.15) is 0 Å². The number of carbonyl (C=O) groups excluding carboxylic acids is 1. The number of amides is 1. The van der Waals surface area contributed by atoms with Gasteiger partial charge in [-0.1, -0.05) is 12.1 Å². The highest BCUT2D eigenvalue weighted by molar-refractivity contribution is 5.94. The monoisotopic (exact) mass is 443 g/mol. The fourth-order valence-corrected chi connectivity index (χ4v) is 3.74. The summed E-state index contributed by atoms with van der Waals surface area (Å²) in [6.45, 7) is 4.08. The molecule has 7 heteroatoms. The number of benzene rings is 2. The molecule has 1 aliphatic heterocycles. The molecule has 2 aromatic carbocycles. The number of fused-ring (bicyclic) bond motifs is 2. The fraction of sp³-hybridized carbons (Fsp3) is 0.231. The van der Waals surface area contributed by atoms with E-state index in [0.29, 0.717) is 37.7 Å². The van der Waals surface area contributed by atoms with E-state index in [1.807, 2.05) is 54.0 Å². The Morgan fingerprint density at radius 1 is 1.09 bits per heavy atom. The number of nitrogens with one attached hydrogen (secondary N) is 1. The van der Waals surface area contributed by atoms with Gasteiger partial charge in [-0.25, -0.2) is 4.98 Å². The van der Waals surface area contributed by atoms with Crippen LogP contribution in [0, 0.1) is 6.92 Å². The molecule has 0 unspecified atom stereocenters. The van der Waals surface area contributed by atoms with Crippen LogP contribution in [-0.2, 0) is 13.2 Å². The Morgan fingerprint density at radius 3 is 2.73 bits per heavy atom. The summed E-state index contributed by atoms with van der Waals surface area (Å²) >= 11 is 0. The molecule has 168 valence electrons. The number of hydrogen-bond acceptors (Lipinski definition) is 5. The first-order valence-electron chi connectivity index (χ1n) is 11.0. The molecule has 3 heterocycles. The number of carbonyl (C=O) groups is 1. The van der Waals surface area contributed by atoms with Gasteiger partial charge in [0.1, 0.15) is 18.0 Å². The highest BCUT2D eigenvalue weighted by Gasteiger charge is 2.12. The number of rotatable bonds is 6. The van der Waals surface area contributed by atoms with Crippen LogP contribution < -0.4 is 19.5 Å². The van der Waals surface area contributed by atoms with E-state index in [1.54, 1.807) is 24.3 Å². The highest BCUT2D eigenvalue weighted by Crippen LogP contribution is 2.30. The van der Waals surface area contributed by atoms with Crippen molar-refractivity contribution in [2.75, 3.05) is 13.2 Å². The number of ether oxygens (including phenoxy) is 3. The number of aryl methyl sites for hydroxylation is 1. The van der Waals surface area contributed by atoms with E-state index >= 15 is 0 Å². The summed E-state index contributed by atoms with van der Waals surface area (Å²) in [5, 5.41) is 2.95. The van der Waals surface area contributed by atoms with Gasteiger partial charge in [0, 0.05) is 30.9 Å². The second kappa shape index (κ2) is 9.24. The molecule has 5 rings (SSSR count). The summed E-state index contributed by atoms with van der Waals surface area (Å²) in [6, 6.07) is 16.9. The summed E-state index contributed by atoms with van der Waals surface area (Å²) in [5.74, 6) is 2.01. The minimum Gasteiger partial charge on any atom is -0.490 e. The molecule has 7 nitrogen and oxygen atoms in total. The first kappa shape index (κ1) is 20.9. The molecule has 1 aliphatic rings. The zero-order valence-corrected chi connectivity index (χ0v) is 18.4. The molecule has 0 saturated carbocycles. The molecule has 0 aliphatic carbocycles. The lowest BCUT2D eigenvalue weighted by Crippen LogP contribution is -2.22. The Kier molecular flexibility index (Phi) is 5.85. The van der Waals surface area contributed by atoms with Gasteiger partial charge in [0.2, 0.25) is 0 Å². The number of imidazole rings is 1. The molecule has 0 bridgehead atoms. The molecule has 1 amide bonds. The first-order chi connectivity index (χ1) is 16.2. The molecule has 0 fully saturated rings. The minimum atomic E-state index is -0.149. The maximum Gasteiger partial charge on any atom is 0.251 e. The SMILES string of the molecule is Cc1cccn2cc(COc3ccc(C(=O)NCc4ccc5c(c4)OCCCO5)cc3)nc12. The predicted molar refractivity (Wildman–Crippen MR) is 124 cm³/mol.